The standard InChI is InChI=1S/C22H29NO4S/c1-4-5-7-16(2)19(24)12-9-17-10-14-21(25)23(17)15-6-8-18-11-13-20(28-18)22(26)27-3/h9,11-13,16-17,19,24H,6-8,10,14-15H2,1-3H3/t16-,17+,19+/m1/s1. The van der Waals surface area contributed by atoms with Gasteiger partial charge < -0.3 is 14.7 Å². The van der Waals surface area contributed by atoms with Crippen molar-refractivity contribution in [2.24, 2.45) is 5.92 Å². The van der Waals surface area contributed by atoms with Gasteiger partial charge in [0.05, 0.1) is 19.3 Å². The molecule has 1 aliphatic rings. The number of methoxy groups -OCH3 is 1. The van der Waals surface area contributed by atoms with Gasteiger partial charge in [0.15, 0.2) is 0 Å². The molecule has 0 saturated carbocycles. The van der Waals surface area contributed by atoms with Gasteiger partial charge in [0, 0.05) is 24.3 Å². The average molecular weight is 404 g/mol. The molecule has 28 heavy (non-hydrogen) atoms. The number of nitrogens with zero attached hydrogens (tertiary/aromatic N) is 1. The molecule has 0 radical (unpaired) electrons. The lowest BCUT2D eigenvalue weighted by Crippen LogP contribution is -2.33. The van der Waals surface area contributed by atoms with Crippen molar-refractivity contribution in [2.75, 3.05) is 13.7 Å². The van der Waals surface area contributed by atoms with E-state index in [1.807, 2.05) is 24.0 Å². The number of carbonyl (C=O) groups is 2. The fourth-order valence-corrected chi connectivity index (χ4v) is 4.18. The summed E-state index contributed by atoms with van der Waals surface area (Å²) < 4.78 is 4.73. The Labute approximate surface area is 171 Å². The molecule has 1 amide bonds. The number of rotatable bonds is 9. The molecule has 2 heterocycles. The Kier molecular flexibility index (Phi) is 8.75. The van der Waals surface area contributed by atoms with Crippen LogP contribution >= 0.6 is 11.3 Å². The van der Waals surface area contributed by atoms with E-state index in [4.69, 9.17) is 4.74 Å². The Morgan fingerprint density at radius 3 is 3.00 bits per heavy atom. The van der Waals surface area contributed by atoms with E-state index in [0.717, 1.165) is 24.1 Å². The molecule has 0 bridgehead atoms. The molecule has 5 nitrogen and oxygen atoms in total. The summed E-state index contributed by atoms with van der Waals surface area (Å²) >= 11 is 1.44. The molecule has 3 atom stereocenters. The van der Waals surface area contributed by atoms with E-state index in [9.17, 15) is 14.7 Å². The van der Waals surface area contributed by atoms with Crippen LogP contribution in [0.25, 0.3) is 0 Å². The van der Waals surface area contributed by atoms with Crippen molar-refractivity contribution in [1.29, 1.82) is 0 Å². The molecular weight excluding hydrogens is 374 g/mol. The first kappa shape index (κ1) is 22.2. The summed E-state index contributed by atoms with van der Waals surface area (Å²) in [6.07, 6.45) is 6.86. The molecule has 1 N–H and O–H groups in total. The average Bonchev–Trinajstić information content (AvgIpc) is 3.31. The highest BCUT2D eigenvalue weighted by atomic mass is 32.1. The van der Waals surface area contributed by atoms with E-state index in [1.165, 1.54) is 18.4 Å². The molecule has 0 aromatic carbocycles. The second kappa shape index (κ2) is 11.0. The zero-order valence-electron chi connectivity index (χ0n) is 16.8. The van der Waals surface area contributed by atoms with Crippen molar-refractivity contribution >= 4 is 23.2 Å². The third-order valence-electron chi connectivity index (χ3n) is 4.96. The fraction of sp³-hybridized carbons (Fsp3) is 0.545. The minimum Gasteiger partial charge on any atom is -0.465 e. The van der Waals surface area contributed by atoms with Crippen molar-refractivity contribution in [3.8, 4) is 11.8 Å². The van der Waals surface area contributed by atoms with Gasteiger partial charge in [-0.3, -0.25) is 4.79 Å². The van der Waals surface area contributed by atoms with E-state index in [0.29, 0.717) is 24.3 Å². The Morgan fingerprint density at radius 2 is 2.29 bits per heavy atom. The number of hydrogen-bond acceptors (Lipinski definition) is 5. The first-order chi connectivity index (χ1) is 13.5. The van der Waals surface area contributed by atoms with Crippen molar-refractivity contribution in [2.45, 2.75) is 58.1 Å². The van der Waals surface area contributed by atoms with Gasteiger partial charge in [-0.25, -0.2) is 4.79 Å². The SMILES string of the molecule is CC#CC[C@@H](C)[C@@H](O)C=C[C@H]1CCC(=O)N1CCCc1ccc(C(=O)OC)s1. The van der Waals surface area contributed by atoms with Crippen molar-refractivity contribution < 1.29 is 19.4 Å². The number of amides is 1. The Hall–Kier alpha value is -2.10. The molecule has 152 valence electrons. The molecule has 0 aliphatic carbocycles. The van der Waals surface area contributed by atoms with Crippen LogP contribution in [0.3, 0.4) is 0 Å². The third-order valence-corrected chi connectivity index (χ3v) is 6.08. The van der Waals surface area contributed by atoms with E-state index >= 15 is 0 Å². The number of aliphatic hydroxyl groups is 1. The maximum Gasteiger partial charge on any atom is 0.348 e. The smallest absolute Gasteiger partial charge is 0.348 e. The summed E-state index contributed by atoms with van der Waals surface area (Å²) in [7, 11) is 1.38. The van der Waals surface area contributed by atoms with Gasteiger partial charge in [0.1, 0.15) is 4.88 Å². The van der Waals surface area contributed by atoms with Crippen molar-refractivity contribution in [1.82, 2.24) is 4.90 Å². The Bertz CT molecular complexity index is 758. The quantitative estimate of drug-likeness (QED) is 0.390. The predicted molar refractivity (Wildman–Crippen MR) is 111 cm³/mol. The lowest BCUT2D eigenvalue weighted by molar-refractivity contribution is -0.128. The zero-order valence-corrected chi connectivity index (χ0v) is 17.6. The van der Waals surface area contributed by atoms with Crippen LogP contribution in [-0.4, -0.2) is 47.7 Å². The largest absolute Gasteiger partial charge is 0.465 e. The Morgan fingerprint density at radius 1 is 1.50 bits per heavy atom. The van der Waals surface area contributed by atoms with Crippen LogP contribution in [0.15, 0.2) is 24.3 Å². The van der Waals surface area contributed by atoms with Crippen LogP contribution in [-0.2, 0) is 16.0 Å². The first-order valence-electron chi connectivity index (χ1n) is 9.68. The number of carbonyl (C=O) groups excluding carboxylic acids is 2. The zero-order chi connectivity index (χ0) is 20.5. The van der Waals surface area contributed by atoms with Gasteiger partial charge in [-0.15, -0.1) is 23.2 Å². The molecule has 2 rings (SSSR count). The normalized spacial score (nSPS) is 18.8. The van der Waals surface area contributed by atoms with Crippen LogP contribution in [0.5, 0.6) is 0 Å². The molecule has 1 aromatic heterocycles. The second-order valence-electron chi connectivity index (χ2n) is 7.04. The van der Waals surface area contributed by atoms with Gasteiger partial charge in [-0.2, -0.15) is 0 Å². The summed E-state index contributed by atoms with van der Waals surface area (Å²) in [5.74, 6) is 5.76. The van der Waals surface area contributed by atoms with Crippen LogP contribution in [0, 0.1) is 17.8 Å². The number of ether oxygens (including phenoxy) is 1. The van der Waals surface area contributed by atoms with E-state index in [-0.39, 0.29) is 23.8 Å². The molecule has 0 spiro atoms. The molecule has 1 aromatic rings. The summed E-state index contributed by atoms with van der Waals surface area (Å²) in [5.41, 5.74) is 0. The number of aliphatic hydroxyl groups excluding tert-OH is 1. The van der Waals surface area contributed by atoms with Crippen molar-refractivity contribution in [3.05, 3.63) is 34.0 Å². The molecule has 6 heteroatoms. The van der Waals surface area contributed by atoms with Gasteiger partial charge in [-0.1, -0.05) is 19.1 Å². The van der Waals surface area contributed by atoms with Gasteiger partial charge in [0.2, 0.25) is 5.91 Å². The number of esters is 1. The van der Waals surface area contributed by atoms with Crippen LogP contribution in [0.4, 0.5) is 0 Å². The Balaban J connectivity index is 1.86. The van der Waals surface area contributed by atoms with E-state index in [1.54, 1.807) is 19.1 Å². The molecule has 0 unspecified atom stereocenters. The van der Waals surface area contributed by atoms with E-state index in [2.05, 4.69) is 11.8 Å². The molecule has 1 saturated heterocycles. The van der Waals surface area contributed by atoms with Gasteiger partial charge in [0.25, 0.3) is 0 Å². The van der Waals surface area contributed by atoms with Gasteiger partial charge in [-0.05, 0) is 44.2 Å². The maximum absolute atomic E-state index is 12.2. The van der Waals surface area contributed by atoms with Crippen molar-refractivity contribution in [3.63, 3.8) is 0 Å². The second-order valence-corrected chi connectivity index (χ2v) is 8.21. The number of likely N-dealkylation sites (tertiary alicyclic amines) is 1. The molecule has 1 fully saturated rings. The number of hydrogen-bond donors (Lipinski definition) is 1. The lowest BCUT2D eigenvalue weighted by atomic mass is 10.00. The summed E-state index contributed by atoms with van der Waals surface area (Å²) in [4.78, 5) is 27.4. The highest BCUT2D eigenvalue weighted by molar-refractivity contribution is 7.13. The molecule has 1 aliphatic heterocycles. The minimum atomic E-state index is -0.554. The minimum absolute atomic E-state index is 0.0422. The summed E-state index contributed by atoms with van der Waals surface area (Å²) in [6, 6.07) is 3.77. The van der Waals surface area contributed by atoms with Crippen LogP contribution in [0.2, 0.25) is 0 Å². The third kappa shape index (κ3) is 6.22. The van der Waals surface area contributed by atoms with Crippen LogP contribution in [0.1, 0.15) is 54.1 Å². The first-order valence-corrected chi connectivity index (χ1v) is 10.5. The fourth-order valence-electron chi connectivity index (χ4n) is 3.21. The maximum atomic E-state index is 12.2. The van der Waals surface area contributed by atoms with Crippen LogP contribution < -0.4 is 0 Å². The number of thiophene rings is 1. The number of aryl methyl sites for hydroxylation is 1. The summed E-state index contributed by atoms with van der Waals surface area (Å²) in [6.45, 7) is 4.44. The summed E-state index contributed by atoms with van der Waals surface area (Å²) in [5, 5.41) is 10.3. The van der Waals surface area contributed by atoms with E-state index < -0.39 is 6.10 Å². The predicted octanol–water partition coefficient (Wildman–Crippen LogP) is 3.42. The lowest BCUT2D eigenvalue weighted by Gasteiger charge is -2.23. The highest BCUT2D eigenvalue weighted by Crippen LogP contribution is 2.23. The van der Waals surface area contributed by atoms with Gasteiger partial charge >= 0.3 is 5.97 Å². The topological polar surface area (TPSA) is 66.8 Å². The highest BCUT2D eigenvalue weighted by Gasteiger charge is 2.28. The monoisotopic (exact) mass is 403 g/mol. The molecular formula is C22H29NO4S.